The van der Waals surface area contributed by atoms with Gasteiger partial charge in [-0.25, -0.2) is 0 Å². The first-order valence-electron chi connectivity index (χ1n) is 9.21. The minimum Gasteiger partial charge on any atom is -0.395 e. The number of likely N-dealkylation sites (N-methyl/N-ethyl adjacent to an activating group) is 1. The van der Waals surface area contributed by atoms with E-state index in [4.69, 9.17) is 0 Å². The molecule has 0 aromatic rings. The number of nitrogens with one attached hydrogen (secondary N) is 1. The fraction of sp³-hybridized carbons (Fsp3) is 0.941. The maximum absolute atomic E-state index is 12.1. The highest BCUT2D eigenvalue weighted by atomic mass is 16.3. The second-order valence-corrected chi connectivity index (χ2v) is 7.00. The zero-order valence-corrected chi connectivity index (χ0v) is 14.7. The molecule has 0 aliphatic carbocycles. The number of rotatable bonds is 7. The SMILES string of the molecule is CN1CCCN(CC(=O)NCCCN2CCCCC2CO)CC1. The number of aliphatic hydroxyl groups excluding tert-OH is 1. The first-order valence-corrected chi connectivity index (χ1v) is 9.21. The van der Waals surface area contributed by atoms with Crippen molar-refractivity contribution in [1.82, 2.24) is 20.0 Å². The molecule has 1 atom stereocenters. The van der Waals surface area contributed by atoms with Crippen LogP contribution in [-0.2, 0) is 4.79 Å². The molecule has 2 heterocycles. The average Bonchev–Trinajstić information content (AvgIpc) is 2.76. The van der Waals surface area contributed by atoms with Crippen molar-refractivity contribution < 1.29 is 9.90 Å². The summed E-state index contributed by atoms with van der Waals surface area (Å²) in [6.45, 7) is 7.75. The molecular formula is C17H34N4O2. The van der Waals surface area contributed by atoms with Crippen LogP contribution in [0.5, 0.6) is 0 Å². The molecule has 0 radical (unpaired) electrons. The standard InChI is InChI=1S/C17H34N4O2/c1-19-8-5-9-20(13-12-19)14-17(23)18-7-4-11-21-10-3-2-6-16(21)15-22/h16,22H,2-15H2,1H3,(H,18,23). The number of piperidine rings is 1. The first-order chi connectivity index (χ1) is 11.2. The van der Waals surface area contributed by atoms with E-state index < -0.39 is 0 Å². The smallest absolute Gasteiger partial charge is 0.234 e. The Kier molecular flexibility index (Phi) is 8.30. The third-order valence-electron chi connectivity index (χ3n) is 5.08. The van der Waals surface area contributed by atoms with Crippen LogP contribution >= 0.6 is 0 Å². The number of likely N-dealkylation sites (tertiary alicyclic amines) is 1. The van der Waals surface area contributed by atoms with Crippen molar-refractivity contribution in [3.05, 3.63) is 0 Å². The Bertz CT molecular complexity index is 353. The Morgan fingerprint density at radius 2 is 2.00 bits per heavy atom. The lowest BCUT2D eigenvalue weighted by Crippen LogP contribution is -2.43. The van der Waals surface area contributed by atoms with Crippen molar-refractivity contribution in [1.29, 1.82) is 0 Å². The summed E-state index contributed by atoms with van der Waals surface area (Å²) in [6, 6.07) is 0.327. The van der Waals surface area contributed by atoms with Gasteiger partial charge >= 0.3 is 0 Å². The first kappa shape index (κ1) is 18.6. The largest absolute Gasteiger partial charge is 0.395 e. The number of hydrogen-bond donors (Lipinski definition) is 2. The zero-order valence-electron chi connectivity index (χ0n) is 14.7. The molecule has 0 aromatic heterocycles. The van der Waals surface area contributed by atoms with Gasteiger partial charge in [0.05, 0.1) is 13.2 Å². The molecule has 0 aromatic carbocycles. The van der Waals surface area contributed by atoms with Gasteiger partial charge in [-0.05, 0) is 52.4 Å². The molecule has 1 amide bonds. The third kappa shape index (κ3) is 6.75. The van der Waals surface area contributed by atoms with Gasteiger partial charge in [-0.1, -0.05) is 6.42 Å². The maximum atomic E-state index is 12.1. The predicted molar refractivity (Wildman–Crippen MR) is 92.5 cm³/mol. The lowest BCUT2D eigenvalue weighted by atomic mass is 10.0. The summed E-state index contributed by atoms with van der Waals surface area (Å²) in [5.74, 6) is 0.145. The van der Waals surface area contributed by atoms with E-state index in [1.165, 1.54) is 12.8 Å². The zero-order chi connectivity index (χ0) is 16.5. The van der Waals surface area contributed by atoms with E-state index >= 15 is 0 Å². The quantitative estimate of drug-likeness (QED) is 0.644. The predicted octanol–water partition coefficient (Wildman–Crippen LogP) is -0.0230. The van der Waals surface area contributed by atoms with Gasteiger partial charge < -0.3 is 15.3 Å². The van der Waals surface area contributed by atoms with Gasteiger partial charge in [0, 0.05) is 32.2 Å². The van der Waals surface area contributed by atoms with Crippen LogP contribution in [0, 0.1) is 0 Å². The van der Waals surface area contributed by atoms with Gasteiger partial charge in [0.25, 0.3) is 0 Å². The van der Waals surface area contributed by atoms with Crippen LogP contribution in [-0.4, -0.2) is 97.8 Å². The average molecular weight is 326 g/mol. The number of hydrogen-bond acceptors (Lipinski definition) is 5. The summed E-state index contributed by atoms with van der Waals surface area (Å²) >= 11 is 0. The summed E-state index contributed by atoms with van der Waals surface area (Å²) in [5.41, 5.74) is 0. The Hall–Kier alpha value is -0.690. The normalized spacial score (nSPS) is 25.2. The number of nitrogens with zero attached hydrogens (tertiary/aromatic N) is 3. The van der Waals surface area contributed by atoms with Crippen molar-refractivity contribution in [2.45, 2.75) is 38.1 Å². The van der Waals surface area contributed by atoms with Crippen LogP contribution in [0.3, 0.4) is 0 Å². The van der Waals surface area contributed by atoms with Crippen molar-refractivity contribution >= 4 is 5.91 Å². The lowest BCUT2D eigenvalue weighted by Gasteiger charge is -2.34. The minimum absolute atomic E-state index is 0.145. The van der Waals surface area contributed by atoms with Crippen molar-refractivity contribution in [3.63, 3.8) is 0 Å². The van der Waals surface area contributed by atoms with Crippen LogP contribution in [0.2, 0.25) is 0 Å². The second kappa shape index (κ2) is 10.2. The molecule has 6 nitrogen and oxygen atoms in total. The van der Waals surface area contributed by atoms with Crippen molar-refractivity contribution in [2.75, 3.05) is 66.0 Å². The molecule has 0 bridgehead atoms. The molecule has 2 fully saturated rings. The van der Waals surface area contributed by atoms with Crippen LogP contribution in [0.15, 0.2) is 0 Å². The van der Waals surface area contributed by atoms with Crippen LogP contribution < -0.4 is 5.32 Å². The van der Waals surface area contributed by atoms with E-state index in [0.29, 0.717) is 12.6 Å². The van der Waals surface area contributed by atoms with Gasteiger partial charge in [-0.15, -0.1) is 0 Å². The van der Waals surface area contributed by atoms with Crippen LogP contribution in [0.25, 0.3) is 0 Å². The van der Waals surface area contributed by atoms with Gasteiger partial charge in [0.15, 0.2) is 0 Å². The van der Waals surface area contributed by atoms with E-state index in [1.54, 1.807) is 0 Å². The summed E-state index contributed by atoms with van der Waals surface area (Å²) in [6.07, 6.45) is 5.66. The number of aliphatic hydroxyl groups is 1. The molecule has 134 valence electrons. The van der Waals surface area contributed by atoms with Gasteiger partial charge in [-0.2, -0.15) is 0 Å². The molecular weight excluding hydrogens is 292 g/mol. The Balaban J connectivity index is 1.57. The Labute approximate surface area is 140 Å². The van der Waals surface area contributed by atoms with E-state index in [9.17, 15) is 9.90 Å². The van der Waals surface area contributed by atoms with E-state index in [-0.39, 0.29) is 12.5 Å². The fourth-order valence-electron chi connectivity index (χ4n) is 3.59. The number of carbonyl (C=O) groups is 1. The van der Waals surface area contributed by atoms with Gasteiger partial charge in [-0.3, -0.25) is 14.6 Å². The van der Waals surface area contributed by atoms with Gasteiger partial charge in [0.2, 0.25) is 5.91 Å². The molecule has 2 rings (SSSR count). The molecule has 2 aliphatic heterocycles. The molecule has 2 N–H and O–H groups in total. The van der Waals surface area contributed by atoms with E-state index in [0.717, 1.165) is 65.1 Å². The van der Waals surface area contributed by atoms with Crippen LogP contribution in [0.1, 0.15) is 32.1 Å². The second-order valence-electron chi connectivity index (χ2n) is 7.00. The Morgan fingerprint density at radius 3 is 2.83 bits per heavy atom. The fourth-order valence-corrected chi connectivity index (χ4v) is 3.59. The van der Waals surface area contributed by atoms with Crippen molar-refractivity contribution in [3.8, 4) is 0 Å². The van der Waals surface area contributed by atoms with Crippen molar-refractivity contribution in [2.24, 2.45) is 0 Å². The van der Waals surface area contributed by atoms with Gasteiger partial charge in [0.1, 0.15) is 0 Å². The van der Waals surface area contributed by atoms with E-state index in [2.05, 4.69) is 27.1 Å². The maximum Gasteiger partial charge on any atom is 0.234 e. The molecule has 6 heteroatoms. The third-order valence-corrected chi connectivity index (χ3v) is 5.08. The molecule has 23 heavy (non-hydrogen) atoms. The minimum atomic E-state index is 0.145. The number of carbonyl (C=O) groups excluding carboxylic acids is 1. The summed E-state index contributed by atoms with van der Waals surface area (Å²) in [4.78, 5) is 19.0. The molecule has 1 unspecified atom stereocenters. The molecule has 0 saturated carbocycles. The Morgan fingerprint density at radius 1 is 1.13 bits per heavy atom. The highest BCUT2D eigenvalue weighted by molar-refractivity contribution is 5.77. The number of amides is 1. The molecule has 2 saturated heterocycles. The molecule has 0 spiro atoms. The van der Waals surface area contributed by atoms with Crippen LogP contribution in [0.4, 0.5) is 0 Å². The highest BCUT2D eigenvalue weighted by Gasteiger charge is 2.21. The highest BCUT2D eigenvalue weighted by Crippen LogP contribution is 2.16. The summed E-state index contributed by atoms with van der Waals surface area (Å²) in [5, 5.41) is 12.5. The topological polar surface area (TPSA) is 59.0 Å². The lowest BCUT2D eigenvalue weighted by molar-refractivity contribution is -0.122. The van der Waals surface area contributed by atoms with E-state index in [1.807, 2.05) is 0 Å². The monoisotopic (exact) mass is 326 g/mol. The summed E-state index contributed by atoms with van der Waals surface area (Å²) < 4.78 is 0. The summed E-state index contributed by atoms with van der Waals surface area (Å²) in [7, 11) is 2.14. The molecule has 2 aliphatic rings.